The van der Waals surface area contributed by atoms with E-state index >= 15 is 0 Å². The summed E-state index contributed by atoms with van der Waals surface area (Å²) >= 11 is 0. The molecule has 0 radical (unpaired) electrons. The molecule has 2 rings (SSSR count). The fourth-order valence-corrected chi connectivity index (χ4v) is 1.91. The van der Waals surface area contributed by atoms with Crippen LogP contribution in [-0.4, -0.2) is 5.91 Å². The third-order valence-corrected chi connectivity index (χ3v) is 3.13. The molecule has 0 unspecified atom stereocenters. The minimum Gasteiger partial charge on any atom is -0.352 e. The molecule has 0 spiro atoms. The van der Waals surface area contributed by atoms with Crippen molar-refractivity contribution >= 4 is 5.91 Å². The van der Waals surface area contributed by atoms with E-state index in [2.05, 4.69) is 5.32 Å². The van der Waals surface area contributed by atoms with Crippen LogP contribution in [0.25, 0.3) is 0 Å². The van der Waals surface area contributed by atoms with Gasteiger partial charge in [-0.15, -0.1) is 0 Å². The summed E-state index contributed by atoms with van der Waals surface area (Å²) in [6, 6.07) is 11.3. The van der Waals surface area contributed by atoms with Crippen molar-refractivity contribution in [3.63, 3.8) is 0 Å². The highest BCUT2D eigenvalue weighted by molar-refractivity contribution is 5.78. The van der Waals surface area contributed by atoms with Crippen LogP contribution in [-0.2, 0) is 24.3 Å². The third kappa shape index (κ3) is 4.10. The second-order valence-corrected chi connectivity index (χ2v) is 4.69. The summed E-state index contributed by atoms with van der Waals surface area (Å²) < 4.78 is 26.5. The summed E-state index contributed by atoms with van der Waals surface area (Å²) in [5.41, 5.74) is 7.47. The van der Waals surface area contributed by atoms with Gasteiger partial charge in [0.2, 0.25) is 5.91 Å². The molecule has 2 aromatic carbocycles. The maximum Gasteiger partial charge on any atom is 0.224 e. The Morgan fingerprint density at radius 2 is 1.71 bits per heavy atom. The highest BCUT2D eigenvalue weighted by atomic mass is 19.2. The Kier molecular flexibility index (Phi) is 5.00. The van der Waals surface area contributed by atoms with Crippen LogP contribution in [0.1, 0.15) is 16.7 Å². The number of nitrogens with one attached hydrogen (secondary N) is 1. The van der Waals surface area contributed by atoms with E-state index in [-0.39, 0.29) is 17.9 Å². The summed E-state index contributed by atoms with van der Waals surface area (Å²) in [5.74, 6) is -2.28. The number of amides is 1. The molecule has 110 valence electrons. The van der Waals surface area contributed by atoms with E-state index in [0.29, 0.717) is 13.1 Å². The first-order valence-electron chi connectivity index (χ1n) is 6.57. The van der Waals surface area contributed by atoms with Crippen molar-refractivity contribution in [3.8, 4) is 0 Å². The topological polar surface area (TPSA) is 55.1 Å². The first-order chi connectivity index (χ1) is 10.1. The zero-order valence-corrected chi connectivity index (χ0v) is 11.4. The lowest BCUT2D eigenvalue weighted by molar-refractivity contribution is -0.120. The highest BCUT2D eigenvalue weighted by Crippen LogP contribution is 2.12. The summed E-state index contributed by atoms with van der Waals surface area (Å²) in [4.78, 5) is 11.8. The second-order valence-electron chi connectivity index (χ2n) is 4.69. The molecule has 0 saturated heterocycles. The van der Waals surface area contributed by atoms with Crippen LogP contribution in [0, 0.1) is 11.6 Å². The van der Waals surface area contributed by atoms with E-state index in [0.717, 1.165) is 17.2 Å². The number of nitrogens with two attached hydrogens (primary N) is 1. The van der Waals surface area contributed by atoms with Gasteiger partial charge in [0.05, 0.1) is 6.42 Å². The molecule has 0 aliphatic heterocycles. The third-order valence-electron chi connectivity index (χ3n) is 3.13. The second kappa shape index (κ2) is 6.95. The lowest BCUT2D eigenvalue weighted by atomic mass is 10.1. The predicted molar refractivity (Wildman–Crippen MR) is 76.2 cm³/mol. The van der Waals surface area contributed by atoms with Crippen molar-refractivity contribution in [2.45, 2.75) is 19.5 Å². The van der Waals surface area contributed by atoms with Crippen molar-refractivity contribution in [2.75, 3.05) is 0 Å². The SMILES string of the molecule is NCc1ccc(CNC(=O)Cc2cccc(F)c2F)cc1. The fourth-order valence-electron chi connectivity index (χ4n) is 1.91. The highest BCUT2D eigenvalue weighted by Gasteiger charge is 2.11. The Morgan fingerprint density at radius 3 is 2.38 bits per heavy atom. The van der Waals surface area contributed by atoms with E-state index in [4.69, 9.17) is 5.73 Å². The first kappa shape index (κ1) is 15.1. The number of carbonyl (C=O) groups excluding carboxylic acids is 1. The molecule has 0 atom stereocenters. The van der Waals surface area contributed by atoms with Gasteiger partial charge in [-0.3, -0.25) is 4.79 Å². The number of hydrogen-bond acceptors (Lipinski definition) is 2. The number of rotatable bonds is 5. The van der Waals surface area contributed by atoms with E-state index in [9.17, 15) is 13.6 Å². The molecule has 0 bridgehead atoms. The summed E-state index contributed by atoms with van der Waals surface area (Å²) in [7, 11) is 0. The lowest BCUT2D eigenvalue weighted by Gasteiger charge is -2.07. The van der Waals surface area contributed by atoms with Gasteiger partial charge in [-0.1, -0.05) is 36.4 Å². The number of halogens is 2. The molecule has 3 N–H and O–H groups in total. The zero-order valence-electron chi connectivity index (χ0n) is 11.4. The quantitative estimate of drug-likeness (QED) is 0.887. The molecule has 0 aromatic heterocycles. The average Bonchev–Trinajstić information content (AvgIpc) is 2.50. The fraction of sp³-hybridized carbons (Fsp3) is 0.188. The molecule has 21 heavy (non-hydrogen) atoms. The van der Waals surface area contributed by atoms with Crippen LogP contribution in [0.5, 0.6) is 0 Å². The van der Waals surface area contributed by atoms with Gasteiger partial charge in [0.15, 0.2) is 11.6 Å². The number of benzene rings is 2. The molecule has 0 fully saturated rings. The van der Waals surface area contributed by atoms with Gasteiger partial charge in [-0.25, -0.2) is 8.78 Å². The van der Waals surface area contributed by atoms with Crippen molar-refractivity contribution in [1.29, 1.82) is 0 Å². The number of hydrogen-bond donors (Lipinski definition) is 2. The Morgan fingerprint density at radius 1 is 1.05 bits per heavy atom. The summed E-state index contributed by atoms with van der Waals surface area (Å²) in [5, 5.41) is 2.67. The number of carbonyl (C=O) groups is 1. The van der Waals surface area contributed by atoms with Gasteiger partial charge < -0.3 is 11.1 Å². The molecule has 2 aromatic rings. The van der Waals surface area contributed by atoms with Crippen LogP contribution >= 0.6 is 0 Å². The van der Waals surface area contributed by atoms with Gasteiger partial charge in [0.1, 0.15) is 0 Å². The molecule has 3 nitrogen and oxygen atoms in total. The van der Waals surface area contributed by atoms with E-state index < -0.39 is 11.6 Å². The van der Waals surface area contributed by atoms with E-state index in [1.165, 1.54) is 12.1 Å². The Bertz CT molecular complexity index is 627. The van der Waals surface area contributed by atoms with E-state index in [1.807, 2.05) is 24.3 Å². The van der Waals surface area contributed by atoms with Crippen molar-refractivity contribution in [2.24, 2.45) is 5.73 Å². The standard InChI is InChI=1S/C16H16F2N2O/c17-14-3-1-2-13(16(14)18)8-15(21)20-10-12-6-4-11(9-19)5-7-12/h1-7H,8-10,19H2,(H,20,21). The molecular weight excluding hydrogens is 274 g/mol. The maximum absolute atomic E-state index is 13.4. The van der Waals surface area contributed by atoms with Crippen molar-refractivity contribution in [3.05, 3.63) is 70.8 Å². The van der Waals surface area contributed by atoms with Gasteiger partial charge >= 0.3 is 0 Å². The minimum absolute atomic E-state index is 0.0472. The molecule has 0 aliphatic carbocycles. The molecular formula is C16H16F2N2O. The zero-order chi connectivity index (χ0) is 15.2. The predicted octanol–water partition coefficient (Wildman–Crippen LogP) is 2.28. The smallest absolute Gasteiger partial charge is 0.224 e. The monoisotopic (exact) mass is 290 g/mol. The van der Waals surface area contributed by atoms with Crippen LogP contribution in [0.15, 0.2) is 42.5 Å². The van der Waals surface area contributed by atoms with Crippen molar-refractivity contribution in [1.82, 2.24) is 5.32 Å². The van der Waals surface area contributed by atoms with Crippen LogP contribution in [0.2, 0.25) is 0 Å². The van der Waals surface area contributed by atoms with Crippen LogP contribution in [0.3, 0.4) is 0 Å². The first-order valence-corrected chi connectivity index (χ1v) is 6.57. The Labute approximate surface area is 121 Å². The molecule has 1 amide bonds. The minimum atomic E-state index is -0.972. The summed E-state index contributed by atoms with van der Waals surface area (Å²) in [6.07, 6.45) is -0.190. The molecule has 0 aliphatic rings. The summed E-state index contributed by atoms with van der Waals surface area (Å²) in [6.45, 7) is 0.798. The molecule has 0 heterocycles. The Hall–Kier alpha value is -2.27. The lowest BCUT2D eigenvalue weighted by Crippen LogP contribution is -2.25. The van der Waals surface area contributed by atoms with Gasteiger partial charge in [-0.2, -0.15) is 0 Å². The van der Waals surface area contributed by atoms with E-state index in [1.54, 1.807) is 0 Å². The van der Waals surface area contributed by atoms with Gasteiger partial charge in [0, 0.05) is 18.7 Å². The maximum atomic E-state index is 13.4. The van der Waals surface area contributed by atoms with Gasteiger partial charge in [0.25, 0.3) is 0 Å². The van der Waals surface area contributed by atoms with Gasteiger partial charge in [-0.05, 0) is 17.2 Å². The largest absolute Gasteiger partial charge is 0.352 e. The van der Waals surface area contributed by atoms with Crippen molar-refractivity contribution < 1.29 is 13.6 Å². The normalized spacial score (nSPS) is 10.4. The molecule has 0 saturated carbocycles. The van der Waals surface area contributed by atoms with Crippen LogP contribution in [0.4, 0.5) is 8.78 Å². The Balaban J connectivity index is 1.91. The average molecular weight is 290 g/mol. The van der Waals surface area contributed by atoms with Crippen LogP contribution < -0.4 is 11.1 Å². The molecule has 5 heteroatoms.